The summed E-state index contributed by atoms with van der Waals surface area (Å²) in [6.45, 7) is 0.478. The number of hydrazone groups is 1. The third-order valence-corrected chi connectivity index (χ3v) is 7.30. The molecule has 1 atom stereocenters. The van der Waals surface area contributed by atoms with Crippen molar-refractivity contribution in [2.24, 2.45) is 5.10 Å². The van der Waals surface area contributed by atoms with Crippen LogP contribution in [0.1, 0.15) is 24.0 Å². The maximum atomic E-state index is 13.3. The van der Waals surface area contributed by atoms with Gasteiger partial charge in [0.25, 0.3) is 0 Å². The molecule has 0 fully saturated rings. The number of amides is 2. The number of carbonyl (C=O) groups is 1. The number of hydrogen-bond acceptors (Lipinski definition) is 3. The largest absolute Gasteiger partial charge is 0.342 e. The van der Waals surface area contributed by atoms with Gasteiger partial charge in [-0.15, -0.1) is 0 Å². The van der Waals surface area contributed by atoms with Crippen LogP contribution in [0.3, 0.4) is 0 Å². The third kappa shape index (κ3) is 5.45. The molecule has 1 unspecified atom stereocenters. The maximum Gasteiger partial charge on any atom is 0.342 e. The number of anilines is 1. The topological polar surface area (TPSA) is 44.7 Å². The summed E-state index contributed by atoms with van der Waals surface area (Å²) >= 11 is 11.4. The van der Waals surface area contributed by atoms with Gasteiger partial charge in [-0.25, -0.2) is 9.80 Å². The molecule has 1 aliphatic rings. The molecule has 170 valence electrons. The summed E-state index contributed by atoms with van der Waals surface area (Å²) in [4.78, 5) is 13.3. The zero-order chi connectivity index (χ0) is 23.3. The van der Waals surface area contributed by atoms with Gasteiger partial charge in [-0.1, -0.05) is 70.0 Å². The van der Waals surface area contributed by atoms with Crippen molar-refractivity contribution in [3.8, 4) is 0 Å². The number of rotatable bonds is 7. The van der Waals surface area contributed by atoms with Gasteiger partial charge in [0.1, 0.15) is 0 Å². The SMILES string of the molecule is CSCCCC1(c2ccccc2)CN(C(=O)Nc2ccc(Br)cc2)N=C1c1ccc(Cl)cc1. The molecule has 4 rings (SSSR count). The number of benzene rings is 3. The van der Waals surface area contributed by atoms with Crippen molar-refractivity contribution >= 4 is 56.7 Å². The minimum absolute atomic E-state index is 0.244. The van der Waals surface area contributed by atoms with Crippen molar-refractivity contribution in [2.75, 3.05) is 23.9 Å². The van der Waals surface area contributed by atoms with Crippen LogP contribution >= 0.6 is 39.3 Å². The molecule has 1 aliphatic heterocycles. The summed E-state index contributed by atoms with van der Waals surface area (Å²) in [5.41, 5.74) is 3.37. The Labute approximate surface area is 212 Å². The van der Waals surface area contributed by atoms with Crippen LogP contribution in [0, 0.1) is 0 Å². The second-order valence-corrected chi connectivity index (χ2v) is 10.3. The second kappa shape index (κ2) is 10.8. The van der Waals surface area contributed by atoms with Crippen LogP contribution in [-0.4, -0.2) is 35.3 Å². The normalized spacial score (nSPS) is 17.7. The van der Waals surface area contributed by atoms with Gasteiger partial charge in [-0.3, -0.25) is 0 Å². The van der Waals surface area contributed by atoms with Crippen LogP contribution in [0.15, 0.2) is 88.4 Å². The molecular weight excluding hydrogens is 518 g/mol. The van der Waals surface area contributed by atoms with Crippen molar-refractivity contribution in [1.29, 1.82) is 0 Å². The molecule has 0 radical (unpaired) electrons. The fourth-order valence-corrected chi connectivity index (χ4v) is 5.03. The summed E-state index contributed by atoms with van der Waals surface area (Å²) in [6.07, 6.45) is 4.03. The zero-order valence-corrected chi connectivity index (χ0v) is 21.5. The van der Waals surface area contributed by atoms with E-state index in [0.29, 0.717) is 11.6 Å². The van der Waals surface area contributed by atoms with Crippen molar-refractivity contribution < 1.29 is 4.79 Å². The quantitative estimate of drug-likeness (QED) is 0.315. The van der Waals surface area contributed by atoms with Crippen molar-refractivity contribution in [3.63, 3.8) is 0 Å². The lowest BCUT2D eigenvalue weighted by molar-refractivity contribution is 0.212. The van der Waals surface area contributed by atoms with Crippen LogP contribution in [0.25, 0.3) is 0 Å². The molecule has 0 spiro atoms. The Bertz CT molecular complexity index is 1120. The minimum atomic E-state index is -0.401. The van der Waals surface area contributed by atoms with Crippen molar-refractivity contribution in [3.05, 3.63) is 99.5 Å². The first-order chi connectivity index (χ1) is 16.0. The van der Waals surface area contributed by atoms with Crippen molar-refractivity contribution in [2.45, 2.75) is 18.3 Å². The van der Waals surface area contributed by atoms with E-state index in [1.807, 2.05) is 66.4 Å². The molecule has 0 bridgehead atoms. The Balaban J connectivity index is 1.73. The fraction of sp³-hybridized carbons (Fsp3) is 0.231. The zero-order valence-electron chi connectivity index (χ0n) is 18.3. The molecule has 0 saturated heterocycles. The second-order valence-electron chi connectivity index (χ2n) is 7.99. The number of nitrogens with zero attached hydrogens (tertiary/aromatic N) is 2. The molecule has 0 aromatic heterocycles. The molecule has 3 aromatic carbocycles. The molecule has 33 heavy (non-hydrogen) atoms. The highest BCUT2D eigenvalue weighted by atomic mass is 79.9. The fourth-order valence-electron chi connectivity index (χ4n) is 4.21. The van der Waals surface area contributed by atoms with Gasteiger partial charge in [0.05, 0.1) is 17.7 Å². The number of hydrogen-bond donors (Lipinski definition) is 1. The first-order valence-corrected chi connectivity index (χ1v) is 13.3. The van der Waals surface area contributed by atoms with E-state index in [1.165, 1.54) is 5.56 Å². The van der Waals surface area contributed by atoms with E-state index in [-0.39, 0.29) is 6.03 Å². The highest BCUT2D eigenvalue weighted by Crippen LogP contribution is 2.40. The Kier molecular flexibility index (Phi) is 7.78. The molecule has 0 aliphatic carbocycles. The molecule has 1 N–H and O–H groups in total. The van der Waals surface area contributed by atoms with E-state index in [9.17, 15) is 4.79 Å². The van der Waals surface area contributed by atoms with E-state index in [1.54, 1.807) is 5.01 Å². The number of carbonyl (C=O) groups excluding carboxylic acids is 1. The number of halogens is 2. The van der Waals surface area contributed by atoms with E-state index < -0.39 is 5.41 Å². The summed E-state index contributed by atoms with van der Waals surface area (Å²) in [5.74, 6) is 1.05. The first kappa shape index (κ1) is 23.9. The predicted molar refractivity (Wildman–Crippen MR) is 144 cm³/mol. The lowest BCUT2D eigenvalue weighted by atomic mass is 9.71. The smallest absolute Gasteiger partial charge is 0.306 e. The summed E-state index contributed by atoms with van der Waals surface area (Å²) in [5, 5.41) is 10.1. The monoisotopic (exact) mass is 541 g/mol. The standard InChI is InChI=1S/C26H25BrClN3OS/c1-33-17-5-16-26(20-6-3-2-4-7-20)18-31(25(32)29-23-14-10-21(27)11-15-23)30-24(26)19-8-12-22(28)13-9-19/h2-4,6-15H,5,16-18H2,1H3,(H,29,32). The van der Waals surface area contributed by atoms with E-state index in [0.717, 1.165) is 40.0 Å². The molecular formula is C26H25BrClN3OS. The molecule has 1 heterocycles. The summed E-state index contributed by atoms with van der Waals surface area (Å²) < 4.78 is 0.960. The van der Waals surface area contributed by atoms with E-state index in [4.69, 9.17) is 16.7 Å². The van der Waals surface area contributed by atoms with Gasteiger partial charge in [0.2, 0.25) is 0 Å². The highest BCUT2D eigenvalue weighted by molar-refractivity contribution is 9.10. The molecule has 3 aromatic rings. The average molecular weight is 543 g/mol. The van der Waals surface area contributed by atoms with Gasteiger partial charge >= 0.3 is 6.03 Å². The van der Waals surface area contributed by atoms with Crippen LogP contribution in [0.4, 0.5) is 10.5 Å². The van der Waals surface area contributed by atoms with E-state index >= 15 is 0 Å². The highest BCUT2D eigenvalue weighted by Gasteiger charge is 2.46. The van der Waals surface area contributed by atoms with Gasteiger partial charge < -0.3 is 5.32 Å². The number of thioether (sulfide) groups is 1. The van der Waals surface area contributed by atoms with Gasteiger partial charge in [-0.2, -0.15) is 16.9 Å². The summed E-state index contributed by atoms with van der Waals surface area (Å²) in [6, 6.07) is 25.4. The lowest BCUT2D eigenvalue weighted by Crippen LogP contribution is -2.41. The van der Waals surface area contributed by atoms with Gasteiger partial charge in [0, 0.05) is 15.2 Å². The Hall–Kier alpha value is -2.28. The Morgan fingerprint density at radius 2 is 1.79 bits per heavy atom. The van der Waals surface area contributed by atoms with Crippen molar-refractivity contribution in [1.82, 2.24) is 5.01 Å². The van der Waals surface area contributed by atoms with Crippen LogP contribution in [0.5, 0.6) is 0 Å². The molecule has 7 heteroatoms. The average Bonchev–Trinajstić information content (AvgIpc) is 3.23. The van der Waals surface area contributed by atoms with Crippen LogP contribution in [0.2, 0.25) is 5.02 Å². The predicted octanol–water partition coefficient (Wildman–Crippen LogP) is 7.44. The maximum absolute atomic E-state index is 13.3. The number of urea groups is 1. The molecule has 0 saturated carbocycles. The summed E-state index contributed by atoms with van der Waals surface area (Å²) in [7, 11) is 0. The van der Waals surface area contributed by atoms with E-state index in [2.05, 4.69) is 51.8 Å². The minimum Gasteiger partial charge on any atom is -0.306 e. The molecule has 2 amide bonds. The number of nitrogens with one attached hydrogen (secondary N) is 1. The lowest BCUT2D eigenvalue weighted by Gasteiger charge is -2.32. The van der Waals surface area contributed by atoms with Gasteiger partial charge in [-0.05, 0) is 72.4 Å². The Morgan fingerprint density at radius 3 is 2.45 bits per heavy atom. The van der Waals surface area contributed by atoms with Crippen LogP contribution in [-0.2, 0) is 5.41 Å². The third-order valence-electron chi connectivity index (χ3n) is 5.82. The van der Waals surface area contributed by atoms with Crippen LogP contribution < -0.4 is 5.32 Å². The Morgan fingerprint density at radius 1 is 1.09 bits per heavy atom. The van der Waals surface area contributed by atoms with Gasteiger partial charge in [0.15, 0.2) is 0 Å². The molecule has 4 nitrogen and oxygen atoms in total. The first-order valence-electron chi connectivity index (χ1n) is 10.8.